The molecule has 3 aromatic rings. The molecule has 170 valence electrons. The van der Waals surface area contributed by atoms with E-state index in [0.29, 0.717) is 11.3 Å². The molecule has 0 bridgehead atoms. The summed E-state index contributed by atoms with van der Waals surface area (Å²) in [5.41, 5.74) is -1.92. The number of amides is 1. The minimum Gasteiger partial charge on any atom is -0.489 e. The van der Waals surface area contributed by atoms with Gasteiger partial charge in [-0.05, 0) is 36.9 Å². The topological polar surface area (TPSA) is 38.3 Å². The highest BCUT2D eigenvalue weighted by Gasteiger charge is 2.42. The number of aryl methyl sites for hydroxylation is 2. The zero-order valence-electron chi connectivity index (χ0n) is 16.5. The third-order valence-corrected chi connectivity index (χ3v) is 5.37. The van der Waals surface area contributed by atoms with E-state index < -0.39 is 46.6 Å². The molecule has 32 heavy (non-hydrogen) atoms. The van der Waals surface area contributed by atoms with E-state index in [1.54, 1.807) is 11.4 Å². The molecule has 0 fully saturated rings. The van der Waals surface area contributed by atoms with Crippen LogP contribution in [0.5, 0.6) is 5.75 Å². The number of thiophene rings is 1. The first kappa shape index (κ1) is 23.6. The SMILES string of the molecule is Cc1ccc(OCc2csc(C(=O)Nc3c(F)c(F)c(C(F)(F)F)c(F)c3F)c2)c(C)c1. The van der Waals surface area contributed by atoms with Crippen molar-refractivity contribution in [3.63, 3.8) is 0 Å². The number of alkyl halides is 3. The molecule has 0 spiro atoms. The third kappa shape index (κ3) is 4.72. The molecule has 3 nitrogen and oxygen atoms in total. The smallest absolute Gasteiger partial charge is 0.422 e. The lowest BCUT2D eigenvalue weighted by atomic mass is 10.1. The van der Waals surface area contributed by atoms with Crippen LogP contribution in [0.2, 0.25) is 0 Å². The highest BCUT2D eigenvalue weighted by atomic mass is 32.1. The lowest BCUT2D eigenvalue weighted by Gasteiger charge is -2.14. The molecule has 11 heteroatoms. The van der Waals surface area contributed by atoms with E-state index in [1.165, 1.54) is 11.4 Å². The summed E-state index contributed by atoms with van der Waals surface area (Å²) in [6, 6.07) is 6.84. The van der Waals surface area contributed by atoms with Gasteiger partial charge in [-0.2, -0.15) is 13.2 Å². The fourth-order valence-corrected chi connectivity index (χ4v) is 3.65. The second-order valence-corrected chi connectivity index (χ2v) is 7.75. The Balaban J connectivity index is 1.78. The molecule has 2 aromatic carbocycles. The quantitative estimate of drug-likeness (QED) is 0.325. The number of carbonyl (C=O) groups excluding carboxylic acids is 1. The highest BCUT2D eigenvalue weighted by Crippen LogP contribution is 2.38. The Kier molecular flexibility index (Phi) is 6.49. The fraction of sp³-hybridized carbons (Fsp3) is 0.190. The van der Waals surface area contributed by atoms with E-state index in [-0.39, 0.29) is 11.5 Å². The van der Waals surface area contributed by atoms with Crippen LogP contribution in [-0.2, 0) is 12.8 Å². The first-order valence-electron chi connectivity index (χ1n) is 8.92. The van der Waals surface area contributed by atoms with Crippen molar-refractivity contribution in [1.82, 2.24) is 0 Å². The van der Waals surface area contributed by atoms with Crippen molar-refractivity contribution < 1.29 is 40.3 Å². The van der Waals surface area contributed by atoms with Gasteiger partial charge in [0.05, 0.1) is 4.88 Å². The molecule has 0 unspecified atom stereocenters. The summed E-state index contributed by atoms with van der Waals surface area (Å²) in [6.45, 7) is 3.82. The van der Waals surface area contributed by atoms with Crippen molar-refractivity contribution in [1.29, 1.82) is 0 Å². The lowest BCUT2D eigenvalue weighted by molar-refractivity contribution is -0.143. The average Bonchev–Trinajstić information content (AvgIpc) is 3.17. The van der Waals surface area contributed by atoms with Gasteiger partial charge in [0.1, 0.15) is 23.6 Å². The van der Waals surface area contributed by atoms with E-state index in [0.717, 1.165) is 22.5 Å². The molecule has 3 rings (SSSR count). The van der Waals surface area contributed by atoms with Crippen LogP contribution >= 0.6 is 11.3 Å². The van der Waals surface area contributed by atoms with Crippen molar-refractivity contribution in [2.45, 2.75) is 26.6 Å². The summed E-state index contributed by atoms with van der Waals surface area (Å²) in [7, 11) is 0. The summed E-state index contributed by atoms with van der Waals surface area (Å²) in [4.78, 5) is 12.2. The summed E-state index contributed by atoms with van der Waals surface area (Å²) in [5.74, 6) is -10.6. The molecule has 0 radical (unpaired) electrons. The average molecular weight is 477 g/mol. The number of rotatable bonds is 5. The van der Waals surface area contributed by atoms with Gasteiger partial charge >= 0.3 is 6.18 Å². The third-order valence-electron chi connectivity index (χ3n) is 4.39. The van der Waals surface area contributed by atoms with Crippen molar-refractivity contribution in [3.8, 4) is 5.75 Å². The molecule has 0 aliphatic rings. The minimum atomic E-state index is -5.67. The molecule has 0 saturated carbocycles. The number of ether oxygens (including phenoxy) is 1. The number of hydrogen-bond donors (Lipinski definition) is 1. The largest absolute Gasteiger partial charge is 0.489 e. The normalized spacial score (nSPS) is 11.5. The van der Waals surface area contributed by atoms with Gasteiger partial charge in [-0.3, -0.25) is 4.79 Å². The first-order chi connectivity index (χ1) is 14.9. The zero-order chi connectivity index (χ0) is 23.8. The summed E-state index contributed by atoms with van der Waals surface area (Å²) >= 11 is 0.842. The zero-order valence-corrected chi connectivity index (χ0v) is 17.3. The van der Waals surface area contributed by atoms with E-state index in [1.807, 2.05) is 26.0 Å². The van der Waals surface area contributed by atoms with Crippen LogP contribution in [0.25, 0.3) is 0 Å². The van der Waals surface area contributed by atoms with Gasteiger partial charge in [0, 0.05) is 5.56 Å². The maximum absolute atomic E-state index is 14.0. The molecule has 1 N–H and O–H groups in total. The molecule has 0 aliphatic carbocycles. The van der Waals surface area contributed by atoms with E-state index in [2.05, 4.69) is 0 Å². The number of halogens is 7. The predicted molar refractivity (Wildman–Crippen MR) is 104 cm³/mol. The van der Waals surface area contributed by atoms with Crippen molar-refractivity contribution >= 4 is 22.9 Å². The van der Waals surface area contributed by atoms with E-state index in [9.17, 15) is 35.5 Å². The van der Waals surface area contributed by atoms with Crippen LogP contribution in [0, 0.1) is 37.1 Å². The number of nitrogens with one attached hydrogen (secondary N) is 1. The lowest BCUT2D eigenvalue weighted by Crippen LogP contribution is -2.19. The Bertz CT molecular complexity index is 1160. The molecule has 1 amide bonds. The van der Waals surface area contributed by atoms with E-state index in [4.69, 9.17) is 4.74 Å². The van der Waals surface area contributed by atoms with Crippen LogP contribution in [-0.4, -0.2) is 5.91 Å². The van der Waals surface area contributed by atoms with Crippen LogP contribution < -0.4 is 10.1 Å². The highest BCUT2D eigenvalue weighted by molar-refractivity contribution is 7.12. The van der Waals surface area contributed by atoms with Crippen LogP contribution in [0.1, 0.15) is 31.9 Å². The maximum Gasteiger partial charge on any atom is 0.422 e. The van der Waals surface area contributed by atoms with Gasteiger partial charge in [0.2, 0.25) is 0 Å². The maximum atomic E-state index is 14.0. The van der Waals surface area contributed by atoms with Crippen molar-refractivity contribution in [2.75, 3.05) is 5.32 Å². The van der Waals surface area contributed by atoms with Crippen molar-refractivity contribution in [2.24, 2.45) is 0 Å². The molecule has 0 saturated heterocycles. The predicted octanol–water partition coefficient (Wildman–Crippen LogP) is 6.77. The second kappa shape index (κ2) is 8.81. The number of benzene rings is 2. The fourth-order valence-electron chi connectivity index (χ4n) is 2.86. The molecular formula is C21H14F7NO2S. The first-order valence-corrected chi connectivity index (χ1v) is 9.80. The summed E-state index contributed by atoms with van der Waals surface area (Å²) in [6.07, 6.45) is -5.67. The Labute approximate surface area is 181 Å². The standard InChI is InChI=1S/C21H14F7NO2S/c1-9-3-4-12(10(2)5-9)31-7-11-6-13(32-8-11)20(30)29-19-17(24)15(22)14(21(26,27)28)16(23)18(19)25/h3-6,8H,7H2,1-2H3,(H,29,30). The summed E-state index contributed by atoms with van der Waals surface area (Å²) in [5, 5.41) is 3.10. The van der Waals surface area contributed by atoms with Gasteiger partial charge in [0.25, 0.3) is 5.91 Å². The summed E-state index contributed by atoms with van der Waals surface area (Å²) < 4.78 is 99.0. The van der Waals surface area contributed by atoms with E-state index >= 15 is 0 Å². The molecule has 0 aliphatic heterocycles. The Hall–Kier alpha value is -3.08. The Morgan fingerprint density at radius 3 is 2.19 bits per heavy atom. The Morgan fingerprint density at radius 2 is 1.62 bits per heavy atom. The van der Waals surface area contributed by atoms with Crippen LogP contribution in [0.3, 0.4) is 0 Å². The number of anilines is 1. The van der Waals surface area contributed by atoms with Gasteiger partial charge in [0.15, 0.2) is 23.3 Å². The molecule has 1 heterocycles. The van der Waals surface area contributed by atoms with Crippen LogP contribution in [0.15, 0.2) is 29.6 Å². The van der Waals surface area contributed by atoms with Gasteiger partial charge < -0.3 is 10.1 Å². The molecule has 0 atom stereocenters. The molecule has 1 aromatic heterocycles. The Morgan fingerprint density at radius 1 is 1.00 bits per heavy atom. The monoisotopic (exact) mass is 477 g/mol. The van der Waals surface area contributed by atoms with Gasteiger partial charge in [-0.25, -0.2) is 17.6 Å². The van der Waals surface area contributed by atoms with Crippen molar-refractivity contribution in [3.05, 3.63) is 80.0 Å². The minimum absolute atomic E-state index is 0.0555. The number of carbonyl (C=O) groups is 1. The molecular weight excluding hydrogens is 463 g/mol. The van der Waals surface area contributed by atoms with Gasteiger partial charge in [-0.15, -0.1) is 11.3 Å². The second-order valence-electron chi connectivity index (χ2n) is 6.83. The van der Waals surface area contributed by atoms with Gasteiger partial charge in [-0.1, -0.05) is 17.7 Å². The number of hydrogen-bond acceptors (Lipinski definition) is 3. The van der Waals surface area contributed by atoms with Crippen LogP contribution in [0.4, 0.5) is 36.4 Å².